The molecule has 0 unspecified atom stereocenters. The first-order valence-electron chi connectivity index (χ1n) is 14.8. The number of para-hydroxylation sites is 2. The van der Waals surface area contributed by atoms with Crippen LogP contribution < -0.4 is 4.74 Å². The molecule has 0 radical (unpaired) electrons. The fourth-order valence-electron chi connectivity index (χ4n) is 7.76. The molecule has 0 atom stereocenters. The summed E-state index contributed by atoms with van der Waals surface area (Å²) >= 11 is 0. The van der Waals surface area contributed by atoms with E-state index in [2.05, 4.69) is 103 Å². The van der Waals surface area contributed by atoms with Crippen LogP contribution in [0.2, 0.25) is 0 Å². The molecule has 0 N–H and O–H groups in total. The highest BCUT2D eigenvalue weighted by Gasteiger charge is 2.37. The normalized spacial score (nSPS) is 14.2. The van der Waals surface area contributed by atoms with Crippen molar-refractivity contribution >= 4 is 43.5 Å². The van der Waals surface area contributed by atoms with Crippen LogP contribution in [0.1, 0.15) is 25.0 Å². The van der Waals surface area contributed by atoms with Crippen molar-refractivity contribution in [1.29, 1.82) is 0 Å². The molecule has 1 aliphatic heterocycles. The number of fused-ring (bicyclic) bond motifs is 11. The molecule has 6 aromatic carbocycles. The maximum absolute atomic E-state index is 6.28. The van der Waals surface area contributed by atoms with E-state index in [0.717, 1.165) is 44.7 Å². The van der Waals surface area contributed by atoms with Crippen LogP contribution in [0.5, 0.6) is 11.5 Å². The topological polar surface area (TPSA) is 39.9 Å². The minimum Gasteiger partial charge on any atom is -0.456 e. The van der Waals surface area contributed by atoms with Crippen LogP contribution in [0.4, 0.5) is 0 Å². The number of hydrogen-bond donors (Lipinski definition) is 0. The smallest absolute Gasteiger partial charge is 0.235 e. The van der Waals surface area contributed by atoms with Crippen LogP contribution in [0.15, 0.2) is 115 Å². The van der Waals surface area contributed by atoms with Crippen molar-refractivity contribution in [2.24, 2.45) is 0 Å². The molecule has 0 saturated carbocycles. The highest BCUT2D eigenvalue weighted by Crippen LogP contribution is 2.52. The Labute approximate surface area is 247 Å². The van der Waals surface area contributed by atoms with Gasteiger partial charge in [-0.05, 0) is 58.0 Å². The molecule has 0 saturated heterocycles. The third-order valence-electron chi connectivity index (χ3n) is 9.58. The van der Waals surface area contributed by atoms with Gasteiger partial charge in [0, 0.05) is 27.1 Å². The van der Waals surface area contributed by atoms with Crippen LogP contribution in [0.25, 0.3) is 71.8 Å². The molecule has 0 amide bonds. The zero-order valence-electron chi connectivity index (χ0n) is 23.7. The van der Waals surface area contributed by atoms with Crippen molar-refractivity contribution in [1.82, 2.24) is 14.5 Å². The molecule has 43 heavy (non-hydrogen) atoms. The van der Waals surface area contributed by atoms with Gasteiger partial charge in [0.15, 0.2) is 0 Å². The van der Waals surface area contributed by atoms with Gasteiger partial charge in [0.1, 0.15) is 11.5 Å². The monoisotopic (exact) mass is 551 g/mol. The lowest BCUT2D eigenvalue weighted by atomic mass is 9.80. The van der Waals surface area contributed by atoms with Gasteiger partial charge in [-0.25, -0.2) is 9.97 Å². The summed E-state index contributed by atoms with van der Waals surface area (Å²) in [7, 11) is 0. The third-order valence-corrected chi connectivity index (χ3v) is 9.58. The molecular weight excluding hydrogens is 526 g/mol. The van der Waals surface area contributed by atoms with Crippen molar-refractivity contribution in [3.63, 3.8) is 0 Å². The number of aromatic nitrogens is 3. The first-order valence-corrected chi connectivity index (χ1v) is 14.8. The summed E-state index contributed by atoms with van der Waals surface area (Å²) in [5, 5.41) is 5.83. The first kappa shape index (κ1) is 23.1. The minimum absolute atomic E-state index is 0.111. The Morgan fingerprint density at radius 2 is 1.30 bits per heavy atom. The summed E-state index contributed by atoms with van der Waals surface area (Å²) in [5.74, 6) is 2.28. The summed E-state index contributed by atoms with van der Waals surface area (Å²) in [5.41, 5.74) is 10.3. The van der Waals surface area contributed by atoms with E-state index < -0.39 is 0 Å². The summed E-state index contributed by atoms with van der Waals surface area (Å²) < 4.78 is 8.55. The minimum atomic E-state index is -0.111. The fourth-order valence-corrected chi connectivity index (χ4v) is 7.76. The van der Waals surface area contributed by atoms with Crippen molar-refractivity contribution in [2.75, 3.05) is 0 Å². The molecule has 4 nitrogen and oxygen atoms in total. The van der Waals surface area contributed by atoms with Crippen molar-refractivity contribution < 1.29 is 4.74 Å². The van der Waals surface area contributed by atoms with Crippen molar-refractivity contribution in [2.45, 2.75) is 19.3 Å². The molecule has 202 valence electrons. The molecule has 4 heteroatoms. The Hall–Kier alpha value is -5.48. The SMILES string of the molecule is CC1(C)c2ccccc2-c2ccc3c(ccc4c5ccccc5n(-c5nc6c7c(cccc7n5)Oc5ccccc5-6)c34)c21. The number of hydrogen-bond acceptors (Lipinski definition) is 3. The van der Waals surface area contributed by atoms with Gasteiger partial charge in [-0.3, -0.25) is 4.57 Å². The van der Waals surface area contributed by atoms with Gasteiger partial charge in [0.05, 0.1) is 27.6 Å². The average Bonchev–Trinajstić information content (AvgIpc) is 3.50. The number of rotatable bonds is 1. The number of ether oxygens (including phenoxy) is 1. The van der Waals surface area contributed by atoms with E-state index in [1.807, 2.05) is 30.3 Å². The molecular formula is C39H25N3O. The molecule has 0 bridgehead atoms. The van der Waals surface area contributed by atoms with Gasteiger partial charge >= 0.3 is 0 Å². The van der Waals surface area contributed by atoms with E-state index in [-0.39, 0.29) is 5.41 Å². The molecule has 1 aliphatic carbocycles. The second kappa shape index (κ2) is 7.87. The van der Waals surface area contributed by atoms with Gasteiger partial charge in [0.25, 0.3) is 0 Å². The second-order valence-corrected chi connectivity index (χ2v) is 12.2. The Bertz CT molecular complexity index is 2520. The molecule has 8 aromatic rings. The molecule has 10 rings (SSSR count). The van der Waals surface area contributed by atoms with E-state index in [9.17, 15) is 0 Å². The van der Waals surface area contributed by atoms with Gasteiger partial charge < -0.3 is 4.74 Å². The van der Waals surface area contributed by atoms with Gasteiger partial charge in [-0.2, -0.15) is 0 Å². The molecule has 2 aromatic heterocycles. The maximum Gasteiger partial charge on any atom is 0.235 e. The quantitative estimate of drug-likeness (QED) is 0.204. The van der Waals surface area contributed by atoms with E-state index in [1.165, 1.54) is 43.8 Å². The van der Waals surface area contributed by atoms with E-state index in [1.54, 1.807) is 0 Å². The van der Waals surface area contributed by atoms with Crippen LogP contribution in [-0.4, -0.2) is 14.5 Å². The third kappa shape index (κ3) is 2.85. The van der Waals surface area contributed by atoms with E-state index >= 15 is 0 Å². The largest absolute Gasteiger partial charge is 0.456 e. The fraction of sp³-hybridized carbons (Fsp3) is 0.0769. The highest BCUT2D eigenvalue weighted by atomic mass is 16.5. The number of nitrogens with zero attached hydrogens (tertiary/aromatic N) is 3. The van der Waals surface area contributed by atoms with E-state index in [0.29, 0.717) is 5.95 Å². The lowest BCUT2D eigenvalue weighted by Gasteiger charge is -2.23. The zero-order chi connectivity index (χ0) is 28.4. The summed E-state index contributed by atoms with van der Waals surface area (Å²) in [6.45, 7) is 4.70. The summed E-state index contributed by atoms with van der Waals surface area (Å²) in [4.78, 5) is 10.5. The highest BCUT2D eigenvalue weighted by molar-refractivity contribution is 6.20. The van der Waals surface area contributed by atoms with Crippen LogP contribution >= 0.6 is 0 Å². The Morgan fingerprint density at radius 1 is 0.581 bits per heavy atom. The Kier molecular flexibility index (Phi) is 4.23. The van der Waals surface area contributed by atoms with Crippen LogP contribution in [0, 0.1) is 0 Å². The van der Waals surface area contributed by atoms with Crippen molar-refractivity contribution in [3.8, 4) is 39.8 Å². The van der Waals surface area contributed by atoms with Gasteiger partial charge in [-0.1, -0.05) is 98.8 Å². The molecule has 0 fully saturated rings. The van der Waals surface area contributed by atoms with Crippen LogP contribution in [-0.2, 0) is 5.41 Å². The van der Waals surface area contributed by atoms with Crippen LogP contribution in [0.3, 0.4) is 0 Å². The lowest BCUT2D eigenvalue weighted by Crippen LogP contribution is -2.15. The summed E-state index contributed by atoms with van der Waals surface area (Å²) in [6.07, 6.45) is 0. The molecule has 2 aliphatic rings. The standard InChI is InChI=1S/C39H25N3O/c1-39(2)29-13-6-3-10-22(29)24-18-21-27-25(35(24)39)19-20-26-23-11-4-7-15-31(23)42(37(26)27)38-40-30-14-9-17-33-34(30)36(41-38)28-12-5-8-16-32(28)43-33/h3-21H,1-2H3. The molecule has 0 spiro atoms. The maximum atomic E-state index is 6.28. The summed E-state index contributed by atoms with van der Waals surface area (Å²) in [6, 6.07) is 40.9. The van der Waals surface area contributed by atoms with Gasteiger partial charge in [0.2, 0.25) is 5.95 Å². The Morgan fingerprint density at radius 3 is 2.23 bits per heavy atom. The zero-order valence-corrected chi connectivity index (χ0v) is 23.7. The Balaban J connectivity index is 1.35. The first-order chi connectivity index (χ1) is 21.1. The predicted molar refractivity (Wildman–Crippen MR) is 174 cm³/mol. The van der Waals surface area contributed by atoms with Crippen molar-refractivity contribution in [3.05, 3.63) is 126 Å². The lowest BCUT2D eigenvalue weighted by molar-refractivity contribution is 0.486. The second-order valence-electron chi connectivity index (χ2n) is 12.2. The number of benzene rings is 6. The average molecular weight is 552 g/mol. The van der Waals surface area contributed by atoms with Gasteiger partial charge in [-0.15, -0.1) is 0 Å². The molecule has 3 heterocycles. The van der Waals surface area contributed by atoms with E-state index in [4.69, 9.17) is 14.7 Å². The predicted octanol–water partition coefficient (Wildman–Crippen LogP) is 9.96.